The monoisotopic (exact) mass is 336 g/mol. The fourth-order valence-electron chi connectivity index (χ4n) is 3.12. The molecular weight excluding hydrogens is 320 g/mol. The maximum absolute atomic E-state index is 11.9. The Balaban J connectivity index is 1.64. The number of fused-ring (bicyclic) bond motifs is 2. The summed E-state index contributed by atoms with van der Waals surface area (Å²) in [6, 6.07) is 12.3. The molecule has 126 valence electrons. The zero-order chi connectivity index (χ0) is 17.4. The molecule has 1 aliphatic carbocycles. The quantitative estimate of drug-likeness (QED) is 0.682. The highest BCUT2D eigenvalue weighted by Crippen LogP contribution is 2.27. The summed E-state index contributed by atoms with van der Waals surface area (Å²) in [6.45, 7) is 0.210. The van der Waals surface area contributed by atoms with Crippen LogP contribution < -0.4 is 15.1 Å². The van der Waals surface area contributed by atoms with E-state index in [1.807, 2.05) is 18.2 Å². The number of hydrogen-bond acceptors (Lipinski definition) is 5. The second-order valence-corrected chi connectivity index (χ2v) is 5.98. The van der Waals surface area contributed by atoms with Crippen LogP contribution >= 0.6 is 0 Å². The van der Waals surface area contributed by atoms with E-state index < -0.39 is 5.63 Å². The third-order valence-corrected chi connectivity index (χ3v) is 4.43. The van der Waals surface area contributed by atoms with Crippen molar-refractivity contribution in [3.63, 3.8) is 0 Å². The van der Waals surface area contributed by atoms with Crippen LogP contribution in [0.2, 0.25) is 0 Å². The number of Topliss-reactive ketones (excluding diaryl/α,β-unsaturated/α-hetero) is 1. The van der Waals surface area contributed by atoms with Crippen molar-refractivity contribution in [2.45, 2.75) is 19.4 Å². The topological polar surface area (TPSA) is 65.7 Å². The van der Waals surface area contributed by atoms with Gasteiger partial charge < -0.3 is 13.9 Å². The molecule has 0 fully saturated rings. The zero-order valence-electron chi connectivity index (χ0n) is 13.7. The number of ketones is 1. The van der Waals surface area contributed by atoms with Crippen molar-refractivity contribution < 1.29 is 18.7 Å². The SMILES string of the molecule is COc1ccc2c(COc3ccc4c(c3)C(=O)CC4)cc(=O)oc2c1. The first-order chi connectivity index (χ1) is 12.1. The van der Waals surface area contributed by atoms with E-state index in [0.717, 1.165) is 28.5 Å². The Labute approximate surface area is 143 Å². The van der Waals surface area contributed by atoms with Gasteiger partial charge >= 0.3 is 5.63 Å². The summed E-state index contributed by atoms with van der Waals surface area (Å²) in [6.07, 6.45) is 1.35. The number of benzene rings is 2. The molecule has 2 aromatic carbocycles. The van der Waals surface area contributed by atoms with E-state index in [1.165, 1.54) is 6.07 Å². The third kappa shape index (κ3) is 2.89. The van der Waals surface area contributed by atoms with Gasteiger partial charge in [-0.15, -0.1) is 0 Å². The van der Waals surface area contributed by atoms with Gasteiger partial charge in [0.05, 0.1) is 7.11 Å². The summed E-state index contributed by atoms with van der Waals surface area (Å²) in [7, 11) is 1.56. The average molecular weight is 336 g/mol. The standard InChI is InChI=1S/C20H16O5/c1-23-14-5-6-16-13(8-20(22)25-19(16)10-14)11-24-15-4-2-12-3-7-18(21)17(12)9-15/h2,4-6,8-10H,3,7,11H2,1H3. The molecule has 0 bridgehead atoms. The molecule has 0 atom stereocenters. The van der Waals surface area contributed by atoms with Crippen molar-refractivity contribution in [2.24, 2.45) is 0 Å². The molecule has 0 spiro atoms. The zero-order valence-corrected chi connectivity index (χ0v) is 13.7. The molecule has 0 unspecified atom stereocenters. The minimum atomic E-state index is -0.441. The van der Waals surface area contributed by atoms with Crippen molar-refractivity contribution >= 4 is 16.8 Å². The largest absolute Gasteiger partial charge is 0.497 e. The average Bonchev–Trinajstić information content (AvgIpc) is 2.99. The Morgan fingerprint density at radius 2 is 1.84 bits per heavy atom. The lowest BCUT2D eigenvalue weighted by Gasteiger charge is -2.10. The highest BCUT2D eigenvalue weighted by molar-refractivity contribution is 6.00. The number of ether oxygens (including phenoxy) is 2. The minimum absolute atomic E-state index is 0.151. The third-order valence-electron chi connectivity index (χ3n) is 4.43. The summed E-state index contributed by atoms with van der Waals surface area (Å²) >= 11 is 0. The van der Waals surface area contributed by atoms with Crippen LogP contribution in [0.4, 0.5) is 0 Å². The molecule has 0 aliphatic heterocycles. The summed E-state index contributed by atoms with van der Waals surface area (Å²) in [4.78, 5) is 23.7. The van der Waals surface area contributed by atoms with E-state index in [9.17, 15) is 9.59 Å². The van der Waals surface area contributed by atoms with E-state index in [2.05, 4.69) is 0 Å². The summed E-state index contributed by atoms with van der Waals surface area (Å²) in [5.74, 6) is 1.38. The maximum Gasteiger partial charge on any atom is 0.336 e. The predicted molar refractivity (Wildman–Crippen MR) is 92.5 cm³/mol. The molecule has 25 heavy (non-hydrogen) atoms. The van der Waals surface area contributed by atoms with Gasteiger partial charge in [-0.1, -0.05) is 6.07 Å². The molecule has 0 radical (unpaired) electrons. The molecular formula is C20H16O5. The molecule has 0 amide bonds. The first-order valence-electron chi connectivity index (χ1n) is 8.04. The van der Waals surface area contributed by atoms with Gasteiger partial charge in [0, 0.05) is 35.1 Å². The Morgan fingerprint density at radius 1 is 1.00 bits per heavy atom. The normalized spacial score (nSPS) is 13.1. The molecule has 0 N–H and O–H groups in total. The van der Waals surface area contributed by atoms with Crippen molar-refractivity contribution in [3.8, 4) is 11.5 Å². The van der Waals surface area contributed by atoms with Crippen molar-refractivity contribution in [2.75, 3.05) is 7.11 Å². The fraction of sp³-hybridized carbons (Fsp3) is 0.200. The lowest BCUT2D eigenvalue weighted by atomic mass is 10.1. The Hall–Kier alpha value is -3.08. The van der Waals surface area contributed by atoms with Crippen LogP contribution in [0.15, 0.2) is 51.7 Å². The molecule has 3 aromatic rings. The van der Waals surface area contributed by atoms with Gasteiger partial charge in [-0.05, 0) is 36.2 Å². The number of aryl methyl sites for hydroxylation is 1. The fourth-order valence-corrected chi connectivity index (χ4v) is 3.12. The number of rotatable bonds is 4. The Bertz CT molecular complexity index is 1030. The van der Waals surface area contributed by atoms with Crippen molar-refractivity contribution in [1.82, 2.24) is 0 Å². The summed E-state index contributed by atoms with van der Waals surface area (Å²) < 4.78 is 16.2. The molecule has 1 aliphatic rings. The molecule has 5 heteroatoms. The van der Waals surface area contributed by atoms with Gasteiger partial charge in [0.25, 0.3) is 0 Å². The van der Waals surface area contributed by atoms with E-state index in [0.29, 0.717) is 23.5 Å². The highest BCUT2D eigenvalue weighted by atomic mass is 16.5. The molecule has 1 aromatic heterocycles. The molecule has 0 saturated heterocycles. The number of hydrogen-bond donors (Lipinski definition) is 0. The molecule has 4 rings (SSSR count). The van der Waals surface area contributed by atoms with E-state index in [1.54, 1.807) is 25.3 Å². The summed E-state index contributed by atoms with van der Waals surface area (Å²) in [5.41, 5.74) is 2.54. The lowest BCUT2D eigenvalue weighted by Crippen LogP contribution is -2.04. The Morgan fingerprint density at radius 3 is 2.68 bits per heavy atom. The number of carbonyl (C=O) groups is 1. The molecule has 5 nitrogen and oxygen atoms in total. The number of methoxy groups -OCH3 is 1. The highest BCUT2D eigenvalue weighted by Gasteiger charge is 2.19. The van der Waals surface area contributed by atoms with Gasteiger partial charge in [0.1, 0.15) is 23.7 Å². The molecule has 0 saturated carbocycles. The van der Waals surface area contributed by atoms with Gasteiger partial charge in [-0.3, -0.25) is 4.79 Å². The Kier molecular flexibility index (Phi) is 3.76. The first kappa shape index (κ1) is 15.4. The van der Waals surface area contributed by atoms with E-state index in [4.69, 9.17) is 13.9 Å². The predicted octanol–water partition coefficient (Wildman–Crippen LogP) is 3.51. The van der Waals surface area contributed by atoms with Gasteiger partial charge in [0.2, 0.25) is 0 Å². The smallest absolute Gasteiger partial charge is 0.336 e. The molecule has 1 heterocycles. The van der Waals surface area contributed by atoms with Crippen LogP contribution in [0.25, 0.3) is 11.0 Å². The van der Waals surface area contributed by atoms with Crippen molar-refractivity contribution in [1.29, 1.82) is 0 Å². The maximum atomic E-state index is 11.9. The van der Waals surface area contributed by atoms with Gasteiger partial charge in [-0.25, -0.2) is 4.79 Å². The van der Waals surface area contributed by atoms with Crippen LogP contribution in [-0.4, -0.2) is 12.9 Å². The summed E-state index contributed by atoms with van der Waals surface area (Å²) in [5, 5.41) is 0.789. The lowest BCUT2D eigenvalue weighted by molar-refractivity contribution is 0.0994. The van der Waals surface area contributed by atoms with Crippen LogP contribution in [0.3, 0.4) is 0 Å². The van der Waals surface area contributed by atoms with Gasteiger partial charge in [0.15, 0.2) is 5.78 Å². The van der Waals surface area contributed by atoms with Crippen LogP contribution in [0.5, 0.6) is 11.5 Å². The van der Waals surface area contributed by atoms with Crippen molar-refractivity contribution in [3.05, 3.63) is 69.6 Å². The van der Waals surface area contributed by atoms with Crippen LogP contribution in [0, 0.1) is 0 Å². The van der Waals surface area contributed by atoms with Gasteiger partial charge in [-0.2, -0.15) is 0 Å². The first-order valence-corrected chi connectivity index (χ1v) is 8.04. The second kappa shape index (κ2) is 6.09. The van der Waals surface area contributed by atoms with Crippen LogP contribution in [0.1, 0.15) is 27.9 Å². The second-order valence-electron chi connectivity index (χ2n) is 5.98. The van der Waals surface area contributed by atoms with Crippen LogP contribution in [-0.2, 0) is 13.0 Å². The van der Waals surface area contributed by atoms with E-state index >= 15 is 0 Å². The number of carbonyl (C=O) groups excluding carboxylic acids is 1. The minimum Gasteiger partial charge on any atom is -0.497 e. The van der Waals surface area contributed by atoms with E-state index in [-0.39, 0.29) is 12.4 Å².